The fourth-order valence-corrected chi connectivity index (χ4v) is 2.36. The van der Waals surface area contributed by atoms with E-state index in [-0.39, 0.29) is 20.0 Å². The zero-order chi connectivity index (χ0) is 21.0. The van der Waals surface area contributed by atoms with Crippen molar-refractivity contribution in [3.63, 3.8) is 0 Å². The Hall–Kier alpha value is -2.19. The Morgan fingerprint density at radius 2 is 1.67 bits per heavy atom. The zero-order valence-electron chi connectivity index (χ0n) is 15.4. The van der Waals surface area contributed by atoms with E-state index >= 15 is 0 Å². The maximum Gasteiger partial charge on any atom is 0.431 e. The number of hydrogen-bond donors (Lipinski definition) is 0. The van der Waals surface area contributed by atoms with Crippen molar-refractivity contribution in [1.29, 1.82) is 0 Å². The van der Waals surface area contributed by atoms with Gasteiger partial charge in [0.25, 0.3) is 12.0 Å². The molecule has 1 aromatic rings. The molecule has 4 nitrogen and oxygen atoms in total. The standard InChI is InChI=1S/C18H21F5O4/c1-10-8-11(2)12(3)13(9-10)15(25)26-7-5-6-14(24)27-16(17(4,19)20)18(21,22)23/h8-9,16H,5-7H2,1-4H3. The first-order valence-electron chi connectivity index (χ1n) is 8.12. The van der Waals surface area contributed by atoms with Gasteiger partial charge in [0.2, 0.25) is 0 Å². The van der Waals surface area contributed by atoms with Gasteiger partial charge in [0.05, 0.1) is 12.2 Å². The van der Waals surface area contributed by atoms with Crippen LogP contribution >= 0.6 is 0 Å². The van der Waals surface area contributed by atoms with Crippen LogP contribution in [-0.4, -0.2) is 36.7 Å². The maximum atomic E-state index is 13.0. The van der Waals surface area contributed by atoms with Crippen molar-refractivity contribution in [3.05, 3.63) is 34.4 Å². The van der Waals surface area contributed by atoms with Gasteiger partial charge in [-0.3, -0.25) is 4.79 Å². The Bertz CT molecular complexity index is 678. The predicted molar refractivity (Wildman–Crippen MR) is 86.7 cm³/mol. The molecule has 0 N–H and O–H groups in total. The summed E-state index contributed by atoms with van der Waals surface area (Å²) in [5.41, 5.74) is 2.82. The number of halogens is 5. The number of alkyl halides is 5. The molecule has 0 radical (unpaired) electrons. The van der Waals surface area contributed by atoms with Crippen molar-refractivity contribution in [2.75, 3.05) is 6.61 Å². The Kier molecular flexibility index (Phi) is 7.33. The van der Waals surface area contributed by atoms with Crippen LogP contribution in [-0.2, 0) is 14.3 Å². The predicted octanol–water partition coefficient (Wildman–Crippen LogP) is 4.68. The molecule has 0 amide bonds. The molecule has 0 fully saturated rings. The summed E-state index contributed by atoms with van der Waals surface area (Å²) >= 11 is 0. The second kappa shape index (κ2) is 8.67. The van der Waals surface area contributed by atoms with E-state index in [1.807, 2.05) is 13.0 Å². The molecule has 0 aliphatic carbocycles. The van der Waals surface area contributed by atoms with Crippen molar-refractivity contribution in [2.24, 2.45) is 0 Å². The van der Waals surface area contributed by atoms with Crippen molar-refractivity contribution in [3.8, 4) is 0 Å². The number of carbonyl (C=O) groups excluding carboxylic acids is 2. The van der Waals surface area contributed by atoms with Crippen LogP contribution in [0.3, 0.4) is 0 Å². The molecule has 27 heavy (non-hydrogen) atoms. The molecule has 1 atom stereocenters. The van der Waals surface area contributed by atoms with E-state index in [9.17, 15) is 31.5 Å². The molecule has 1 unspecified atom stereocenters. The number of benzene rings is 1. The van der Waals surface area contributed by atoms with Crippen LogP contribution in [0.4, 0.5) is 22.0 Å². The summed E-state index contributed by atoms with van der Waals surface area (Å²) in [4.78, 5) is 23.5. The Morgan fingerprint density at radius 1 is 1.07 bits per heavy atom. The van der Waals surface area contributed by atoms with Crippen LogP contribution < -0.4 is 0 Å². The van der Waals surface area contributed by atoms with Gasteiger partial charge < -0.3 is 9.47 Å². The highest BCUT2D eigenvalue weighted by atomic mass is 19.4. The minimum absolute atomic E-state index is 0.0202. The average Bonchev–Trinajstić information content (AvgIpc) is 2.50. The van der Waals surface area contributed by atoms with E-state index < -0.39 is 36.6 Å². The minimum atomic E-state index is -5.39. The highest BCUT2D eigenvalue weighted by Gasteiger charge is 2.56. The molecule has 0 aliphatic heterocycles. The lowest BCUT2D eigenvalue weighted by Gasteiger charge is -2.25. The quantitative estimate of drug-likeness (QED) is 0.382. The summed E-state index contributed by atoms with van der Waals surface area (Å²) in [6, 6.07) is 3.53. The number of carbonyl (C=O) groups is 2. The van der Waals surface area contributed by atoms with E-state index in [4.69, 9.17) is 4.74 Å². The lowest BCUT2D eigenvalue weighted by molar-refractivity contribution is -0.273. The summed E-state index contributed by atoms with van der Waals surface area (Å²) < 4.78 is 72.4. The van der Waals surface area contributed by atoms with Crippen molar-refractivity contribution < 1.29 is 41.0 Å². The van der Waals surface area contributed by atoms with E-state index in [2.05, 4.69) is 4.74 Å². The first kappa shape index (κ1) is 22.9. The maximum absolute atomic E-state index is 13.0. The lowest BCUT2D eigenvalue weighted by atomic mass is 10.0. The normalized spacial score (nSPS) is 13.2. The first-order valence-corrected chi connectivity index (χ1v) is 8.12. The number of aryl methyl sites for hydroxylation is 2. The number of hydrogen-bond acceptors (Lipinski definition) is 4. The number of rotatable bonds is 7. The van der Waals surface area contributed by atoms with E-state index in [1.165, 1.54) is 0 Å². The van der Waals surface area contributed by atoms with E-state index in [0.29, 0.717) is 5.56 Å². The van der Waals surface area contributed by atoms with Gasteiger partial charge in [0.15, 0.2) is 0 Å². The topological polar surface area (TPSA) is 52.6 Å². The third-order valence-electron chi connectivity index (χ3n) is 3.80. The lowest BCUT2D eigenvalue weighted by Crippen LogP contribution is -2.46. The average molecular weight is 396 g/mol. The van der Waals surface area contributed by atoms with Gasteiger partial charge in [-0.2, -0.15) is 13.2 Å². The van der Waals surface area contributed by atoms with Crippen LogP contribution in [0.25, 0.3) is 0 Å². The highest BCUT2D eigenvalue weighted by Crippen LogP contribution is 2.34. The molecule has 9 heteroatoms. The van der Waals surface area contributed by atoms with Crippen molar-refractivity contribution >= 4 is 11.9 Å². The highest BCUT2D eigenvalue weighted by molar-refractivity contribution is 5.91. The zero-order valence-corrected chi connectivity index (χ0v) is 15.4. The second-order valence-electron chi connectivity index (χ2n) is 6.36. The molecule has 0 aliphatic rings. The summed E-state index contributed by atoms with van der Waals surface area (Å²) in [6.07, 6.45) is -9.66. The SMILES string of the molecule is Cc1cc(C)c(C)c(C(=O)OCCCC(=O)OC(C(C)(F)F)C(F)(F)F)c1. The third-order valence-corrected chi connectivity index (χ3v) is 3.80. The largest absolute Gasteiger partial charge is 0.462 e. The van der Waals surface area contributed by atoms with Crippen molar-refractivity contribution in [1.82, 2.24) is 0 Å². The summed E-state index contributed by atoms with van der Waals surface area (Å²) in [5, 5.41) is 0. The minimum Gasteiger partial charge on any atom is -0.462 e. The smallest absolute Gasteiger partial charge is 0.431 e. The van der Waals surface area contributed by atoms with Crippen LogP contribution in [0, 0.1) is 20.8 Å². The van der Waals surface area contributed by atoms with Gasteiger partial charge in [-0.05, 0) is 49.9 Å². The van der Waals surface area contributed by atoms with Crippen LogP contribution in [0.1, 0.15) is 46.8 Å². The summed E-state index contributed by atoms with van der Waals surface area (Å²) in [5.74, 6) is -6.35. The van der Waals surface area contributed by atoms with Gasteiger partial charge in [0.1, 0.15) is 0 Å². The van der Waals surface area contributed by atoms with Gasteiger partial charge in [-0.25, -0.2) is 13.6 Å². The Morgan fingerprint density at radius 3 is 2.19 bits per heavy atom. The van der Waals surface area contributed by atoms with Crippen molar-refractivity contribution in [2.45, 2.75) is 58.7 Å². The molecule has 152 valence electrons. The molecule has 0 aromatic heterocycles. The van der Waals surface area contributed by atoms with Crippen LogP contribution in [0.15, 0.2) is 12.1 Å². The monoisotopic (exact) mass is 396 g/mol. The number of esters is 2. The molecule has 1 rings (SSSR count). The molecule has 0 heterocycles. The fourth-order valence-electron chi connectivity index (χ4n) is 2.36. The Balaban J connectivity index is 2.54. The molecule has 0 bridgehead atoms. The van der Waals surface area contributed by atoms with Gasteiger partial charge in [0, 0.05) is 13.3 Å². The molecular formula is C18H21F5O4. The van der Waals surface area contributed by atoms with Crippen LogP contribution in [0.2, 0.25) is 0 Å². The van der Waals surface area contributed by atoms with E-state index in [1.54, 1.807) is 19.9 Å². The van der Waals surface area contributed by atoms with Gasteiger partial charge >= 0.3 is 18.1 Å². The Labute approximate surface area is 153 Å². The molecule has 0 saturated carbocycles. The molecule has 1 aromatic carbocycles. The summed E-state index contributed by atoms with van der Waals surface area (Å²) in [6.45, 7) is 5.13. The van der Waals surface area contributed by atoms with Gasteiger partial charge in [-0.15, -0.1) is 0 Å². The third kappa shape index (κ3) is 6.80. The number of ether oxygens (including phenoxy) is 2. The van der Waals surface area contributed by atoms with Gasteiger partial charge in [-0.1, -0.05) is 6.07 Å². The summed E-state index contributed by atoms with van der Waals surface area (Å²) in [7, 11) is 0. The first-order chi connectivity index (χ1) is 12.2. The molecular weight excluding hydrogens is 375 g/mol. The fraction of sp³-hybridized carbons (Fsp3) is 0.556. The molecule has 0 saturated heterocycles. The second-order valence-corrected chi connectivity index (χ2v) is 6.36. The van der Waals surface area contributed by atoms with Crippen LogP contribution in [0.5, 0.6) is 0 Å². The van der Waals surface area contributed by atoms with E-state index in [0.717, 1.165) is 16.7 Å². The molecule has 0 spiro atoms.